The molecular formula is C19H22N2O2. The van der Waals surface area contributed by atoms with Crippen molar-refractivity contribution in [1.82, 2.24) is 10.3 Å². The minimum Gasteiger partial charge on any atom is -0.391 e. The van der Waals surface area contributed by atoms with Gasteiger partial charge in [-0.1, -0.05) is 42.7 Å². The van der Waals surface area contributed by atoms with E-state index in [2.05, 4.69) is 16.4 Å². The Bertz CT molecular complexity index is 699. The fourth-order valence-corrected chi connectivity index (χ4v) is 3.08. The summed E-state index contributed by atoms with van der Waals surface area (Å²) in [4.78, 5) is 16.6. The van der Waals surface area contributed by atoms with Gasteiger partial charge in [0, 0.05) is 18.0 Å². The smallest absolute Gasteiger partial charge is 0.253 e. The molecule has 0 spiro atoms. The van der Waals surface area contributed by atoms with Gasteiger partial charge in [0.25, 0.3) is 5.91 Å². The van der Waals surface area contributed by atoms with Crippen molar-refractivity contribution in [2.24, 2.45) is 0 Å². The van der Waals surface area contributed by atoms with Crippen LogP contribution in [0, 0.1) is 6.92 Å². The second kappa shape index (κ2) is 6.92. The van der Waals surface area contributed by atoms with Crippen LogP contribution >= 0.6 is 0 Å². The van der Waals surface area contributed by atoms with E-state index in [-0.39, 0.29) is 11.9 Å². The summed E-state index contributed by atoms with van der Waals surface area (Å²) in [6, 6.07) is 9.82. The lowest BCUT2D eigenvalue weighted by atomic mass is 9.92. The fraction of sp³-hybridized carbons (Fsp3) is 0.368. The van der Waals surface area contributed by atoms with E-state index in [0.717, 1.165) is 36.8 Å². The van der Waals surface area contributed by atoms with Gasteiger partial charge < -0.3 is 10.4 Å². The third-order valence-electron chi connectivity index (χ3n) is 4.40. The molecule has 2 aromatic rings. The maximum atomic E-state index is 12.4. The van der Waals surface area contributed by atoms with Gasteiger partial charge in [-0.2, -0.15) is 0 Å². The summed E-state index contributed by atoms with van der Waals surface area (Å²) < 4.78 is 0. The molecule has 0 aliphatic heterocycles. The summed E-state index contributed by atoms with van der Waals surface area (Å²) in [5.74, 6) is -0.169. The van der Waals surface area contributed by atoms with Crippen LogP contribution in [-0.2, 0) is 0 Å². The number of aromatic nitrogens is 1. The molecule has 2 unspecified atom stereocenters. The first-order valence-corrected chi connectivity index (χ1v) is 8.14. The van der Waals surface area contributed by atoms with Crippen LogP contribution in [0.25, 0.3) is 11.1 Å². The Morgan fingerprint density at radius 2 is 2.00 bits per heavy atom. The van der Waals surface area contributed by atoms with Crippen molar-refractivity contribution < 1.29 is 9.90 Å². The van der Waals surface area contributed by atoms with Crippen LogP contribution < -0.4 is 5.32 Å². The molecule has 1 heterocycles. The number of aliphatic hydroxyl groups excluding tert-OH is 1. The second-order valence-corrected chi connectivity index (χ2v) is 6.26. The molecule has 1 amide bonds. The van der Waals surface area contributed by atoms with E-state index in [1.54, 1.807) is 12.4 Å². The van der Waals surface area contributed by atoms with Crippen molar-refractivity contribution >= 4 is 5.91 Å². The van der Waals surface area contributed by atoms with E-state index in [1.807, 2.05) is 31.2 Å². The number of carbonyl (C=O) groups excluding carboxylic acids is 1. The molecule has 4 nitrogen and oxygen atoms in total. The highest BCUT2D eigenvalue weighted by Crippen LogP contribution is 2.22. The average molecular weight is 310 g/mol. The van der Waals surface area contributed by atoms with Crippen LogP contribution in [0.4, 0.5) is 0 Å². The molecule has 0 bridgehead atoms. The van der Waals surface area contributed by atoms with E-state index in [1.165, 1.54) is 5.56 Å². The number of rotatable bonds is 3. The lowest BCUT2D eigenvalue weighted by Crippen LogP contribution is -2.45. The number of nitrogens with one attached hydrogen (secondary N) is 1. The van der Waals surface area contributed by atoms with Crippen LogP contribution in [0.5, 0.6) is 0 Å². The van der Waals surface area contributed by atoms with Gasteiger partial charge >= 0.3 is 0 Å². The zero-order valence-corrected chi connectivity index (χ0v) is 13.3. The largest absolute Gasteiger partial charge is 0.391 e. The number of benzene rings is 1. The summed E-state index contributed by atoms with van der Waals surface area (Å²) in [6.07, 6.45) is 6.55. The van der Waals surface area contributed by atoms with Crippen LogP contribution in [0.1, 0.15) is 41.6 Å². The number of aliphatic hydroxyl groups is 1. The van der Waals surface area contributed by atoms with Gasteiger partial charge in [-0.05, 0) is 31.4 Å². The van der Waals surface area contributed by atoms with Gasteiger partial charge in [-0.25, -0.2) is 0 Å². The lowest BCUT2D eigenvalue weighted by molar-refractivity contribution is 0.0717. The molecule has 0 saturated heterocycles. The molecule has 3 rings (SSSR count). The van der Waals surface area contributed by atoms with Crippen molar-refractivity contribution in [2.45, 2.75) is 44.8 Å². The van der Waals surface area contributed by atoms with Gasteiger partial charge in [-0.3, -0.25) is 9.78 Å². The minimum atomic E-state index is -0.444. The van der Waals surface area contributed by atoms with Crippen LogP contribution in [0.3, 0.4) is 0 Å². The molecule has 23 heavy (non-hydrogen) atoms. The zero-order valence-electron chi connectivity index (χ0n) is 13.3. The number of pyridine rings is 1. The lowest BCUT2D eigenvalue weighted by Gasteiger charge is -2.28. The SMILES string of the molecule is Cc1cccc(-c2cncc(C(=O)NC3CCCCC3O)c2)c1. The number of hydrogen-bond donors (Lipinski definition) is 2. The maximum absolute atomic E-state index is 12.4. The Kier molecular flexibility index (Phi) is 4.72. The van der Waals surface area contributed by atoms with Crippen molar-refractivity contribution in [1.29, 1.82) is 0 Å². The average Bonchev–Trinajstić information content (AvgIpc) is 2.57. The number of carbonyl (C=O) groups is 1. The molecule has 1 fully saturated rings. The molecule has 1 aromatic heterocycles. The van der Waals surface area contributed by atoms with Crippen molar-refractivity contribution in [3.8, 4) is 11.1 Å². The molecule has 4 heteroatoms. The zero-order chi connectivity index (χ0) is 16.2. The first-order valence-electron chi connectivity index (χ1n) is 8.14. The maximum Gasteiger partial charge on any atom is 0.253 e. The van der Waals surface area contributed by atoms with E-state index in [9.17, 15) is 9.90 Å². The predicted molar refractivity (Wildman–Crippen MR) is 90.1 cm³/mol. The molecule has 120 valence electrons. The highest BCUT2D eigenvalue weighted by molar-refractivity contribution is 5.95. The van der Waals surface area contributed by atoms with Gasteiger partial charge in [0.15, 0.2) is 0 Å². The first kappa shape index (κ1) is 15.7. The summed E-state index contributed by atoms with van der Waals surface area (Å²) in [5.41, 5.74) is 3.67. The standard InChI is InChI=1S/C19H22N2O2/c1-13-5-4-6-14(9-13)15-10-16(12-20-11-15)19(23)21-17-7-2-3-8-18(17)22/h4-6,9-12,17-18,22H,2-3,7-8H2,1H3,(H,21,23). The van der Waals surface area contributed by atoms with E-state index in [4.69, 9.17) is 0 Å². The Morgan fingerprint density at radius 3 is 2.78 bits per heavy atom. The molecular weight excluding hydrogens is 288 g/mol. The van der Waals surface area contributed by atoms with Crippen LogP contribution in [-0.4, -0.2) is 28.1 Å². The Balaban J connectivity index is 1.78. The third kappa shape index (κ3) is 3.77. The van der Waals surface area contributed by atoms with Gasteiger partial charge in [-0.15, -0.1) is 0 Å². The highest BCUT2D eigenvalue weighted by Gasteiger charge is 2.25. The topological polar surface area (TPSA) is 62.2 Å². The summed E-state index contributed by atoms with van der Waals surface area (Å²) in [7, 11) is 0. The second-order valence-electron chi connectivity index (χ2n) is 6.26. The van der Waals surface area contributed by atoms with Crippen molar-refractivity contribution in [3.63, 3.8) is 0 Å². The molecule has 2 atom stereocenters. The van der Waals surface area contributed by atoms with Crippen molar-refractivity contribution in [2.75, 3.05) is 0 Å². The normalized spacial score (nSPS) is 21.0. The number of amides is 1. The third-order valence-corrected chi connectivity index (χ3v) is 4.40. The molecule has 0 radical (unpaired) electrons. The molecule has 1 aliphatic carbocycles. The Morgan fingerprint density at radius 1 is 1.17 bits per heavy atom. The van der Waals surface area contributed by atoms with E-state index >= 15 is 0 Å². The number of nitrogens with zero attached hydrogens (tertiary/aromatic N) is 1. The van der Waals surface area contributed by atoms with Crippen LogP contribution in [0.2, 0.25) is 0 Å². The Hall–Kier alpha value is -2.20. The summed E-state index contributed by atoms with van der Waals surface area (Å²) >= 11 is 0. The van der Waals surface area contributed by atoms with Gasteiger partial charge in [0.1, 0.15) is 0 Å². The summed E-state index contributed by atoms with van der Waals surface area (Å²) in [5, 5.41) is 12.9. The summed E-state index contributed by atoms with van der Waals surface area (Å²) in [6.45, 7) is 2.04. The molecule has 1 saturated carbocycles. The highest BCUT2D eigenvalue weighted by atomic mass is 16.3. The quantitative estimate of drug-likeness (QED) is 0.916. The molecule has 2 N–H and O–H groups in total. The predicted octanol–water partition coefficient (Wildman–Crippen LogP) is 3.09. The van der Waals surface area contributed by atoms with Gasteiger partial charge in [0.2, 0.25) is 0 Å². The minimum absolute atomic E-state index is 0.154. The van der Waals surface area contributed by atoms with Gasteiger partial charge in [0.05, 0.1) is 17.7 Å². The molecule has 1 aliphatic rings. The van der Waals surface area contributed by atoms with E-state index in [0.29, 0.717) is 5.56 Å². The molecule has 1 aromatic carbocycles. The fourth-order valence-electron chi connectivity index (χ4n) is 3.08. The number of aryl methyl sites for hydroxylation is 1. The number of hydrogen-bond acceptors (Lipinski definition) is 3. The van der Waals surface area contributed by atoms with Crippen LogP contribution in [0.15, 0.2) is 42.7 Å². The van der Waals surface area contributed by atoms with E-state index < -0.39 is 6.10 Å². The monoisotopic (exact) mass is 310 g/mol. The Labute approximate surface area is 136 Å². The van der Waals surface area contributed by atoms with Crippen molar-refractivity contribution in [3.05, 3.63) is 53.9 Å². The first-order chi connectivity index (χ1) is 11.1.